The highest BCUT2D eigenvalue weighted by Crippen LogP contribution is 2.20. The van der Waals surface area contributed by atoms with Gasteiger partial charge in [0.15, 0.2) is 0 Å². The van der Waals surface area contributed by atoms with Gasteiger partial charge in [-0.3, -0.25) is 4.79 Å². The number of rotatable bonds is 7. The number of unbranched alkanes of at least 4 members (excludes halogenated alkanes) is 1. The molecule has 0 spiro atoms. The van der Waals surface area contributed by atoms with Crippen molar-refractivity contribution in [2.24, 2.45) is 0 Å². The standard InChI is InChI=1S/C20H27N3O/c1-4-6-13-23(5-2)18-11-8-16(9-12-18)20(24)22-19-14-17(21)10-7-15(19)3/h7-12,14H,4-6,13,21H2,1-3H3,(H,22,24). The molecule has 3 N–H and O–H groups in total. The topological polar surface area (TPSA) is 58.4 Å². The molecule has 0 saturated carbocycles. The number of carbonyl (C=O) groups is 1. The van der Waals surface area contributed by atoms with E-state index in [-0.39, 0.29) is 5.91 Å². The fourth-order valence-electron chi connectivity index (χ4n) is 2.61. The number of benzene rings is 2. The van der Waals surface area contributed by atoms with Gasteiger partial charge >= 0.3 is 0 Å². The highest BCUT2D eigenvalue weighted by Gasteiger charge is 2.10. The maximum absolute atomic E-state index is 12.4. The summed E-state index contributed by atoms with van der Waals surface area (Å²) in [6.07, 6.45) is 2.35. The second kappa shape index (κ2) is 8.39. The summed E-state index contributed by atoms with van der Waals surface area (Å²) in [5.74, 6) is -0.119. The first-order valence-electron chi connectivity index (χ1n) is 8.57. The van der Waals surface area contributed by atoms with E-state index < -0.39 is 0 Å². The third-order valence-electron chi connectivity index (χ3n) is 4.17. The Morgan fingerprint density at radius 3 is 2.46 bits per heavy atom. The lowest BCUT2D eigenvalue weighted by molar-refractivity contribution is 0.102. The first-order chi connectivity index (χ1) is 11.5. The van der Waals surface area contributed by atoms with E-state index in [1.165, 1.54) is 12.8 Å². The highest BCUT2D eigenvalue weighted by atomic mass is 16.1. The van der Waals surface area contributed by atoms with Crippen LogP contribution in [0.1, 0.15) is 42.6 Å². The number of anilines is 3. The van der Waals surface area contributed by atoms with E-state index in [9.17, 15) is 4.79 Å². The number of hydrogen-bond donors (Lipinski definition) is 2. The van der Waals surface area contributed by atoms with Crippen LogP contribution in [0.5, 0.6) is 0 Å². The Bertz CT molecular complexity index is 680. The molecule has 4 nitrogen and oxygen atoms in total. The van der Waals surface area contributed by atoms with Crippen LogP contribution in [-0.2, 0) is 0 Å². The van der Waals surface area contributed by atoms with Crippen LogP contribution in [0, 0.1) is 6.92 Å². The van der Waals surface area contributed by atoms with Crippen molar-refractivity contribution in [2.75, 3.05) is 29.0 Å². The SMILES string of the molecule is CCCCN(CC)c1ccc(C(=O)Nc2cc(N)ccc2C)cc1. The van der Waals surface area contributed by atoms with Crippen LogP contribution in [0.3, 0.4) is 0 Å². The van der Waals surface area contributed by atoms with E-state index in [2.05, 4.69) is 24.1 Å². The summed E-state index contributed by atoms with van der Waals surface area (Å²) < 4.78 is 0. The monoisotopic (exact) mass is 325 g/mol. The van der Waals surface area contributed by atoms with Crippen LogP contribution in [-0.4, -0.2) is 19.0 Å². The summed E-state index contributed by atoms with van der Waals surface area (Å²) >= 11 is 0. The number of nitrogens with zero attached hydrogens (tertiary/aromatic N) is 1. The van der Waals surface area contributed by atoms with Gasteiger partial charge < -0.3 is 16.0 Å². The molecule has 4 heteroatoms. The number of nitrogens with two attached hydrogens (primary N) is 1. The van der Waals surface area contributed by atoms with Crippen LogP contribution in [0.4, 0.5) is 17.1 Å². The van der Waals surface area contributed by atoms with E-state index in [1.807, 2.05) is 43.3 Å². The van der Waals surface area contributed by atoms with Gasteiger partial charge in [0.1, 0.15) is 0 Å². The molecule has 0 fully saturated rings. The fraction of sp³-hybridized carbons (Fsp3) is 0.350. The zero-order valence-electron chi connectivity index (χ0n) is 14.8. The van der Waals surface area contributed by atoms with Crippen LogP contribution < -0.4 is 16.0 Å². The molecule has 0 aliphatic carbocycles. The third-order valence-corrected chi connectivity index (χ3v) is 4.17. The molecule has 0 atom stereocenters. The van der Waals surface area contributed by atoms with Gasteiger partial charge in [-0.05, 0) is 62.2 Å². The predicted molar refractivity (Wildman–Crippen MR) is 103 cm³/mol. The molecule has 0 heterocycles. The first-order valence-corrected chi connectivity index (χ1v) is 8.57. The van der Waals surface area contributed by atoms with Crippen LogP contribution in [0.15, 0.2) is 42.5 Å². The maximum Gasteiger partial charge on any atom is 0.255 e. The Labute approximate surface area is 144 Å². The lowest BCUT2D eigenvalue weighted by atomic mass is 10.1. The Morgan fingerprint density at radius 2 is 1.83 bits per heavy atom. The normalized spacial score (nSPS) is 10.5. The van der Waals surface area contributed by atoms with Gasteiger partial charge in [0.25, 0.3) is 5.91 Å². The van der Waals surface area contributed by atoms with Crippen LogP contribution in [0.2, 0.25) is 0 Å². The number of aryl methyl sites for hydroxylation is 1. The minimum Gasteiger partial charge on any atom is -0.399 e. The largest absolute Gasteiger partial charge is 0.399 e. The number of hydrogen-bond acceptors (Lipinski definition) is 3. The van der Waals surface area contributed by atoms with Crippen molar-refractivity contribution in [1.82, 2.24) is 0 Å². The Hall–Kier alpha value is -2.49. The zero-order chi connectivity index (χ0) is 17.5. The van der Waals surface area contributed by atoms with Gasteiger partial charge in [-0.1, -0.05) is 19.4 Å². The van der Waals surface area contributed by atoms with Crippen LogP contribution in [0.25, 0.3) is 0 Å². The summed E-state index contributed by atoms with van der Waals surface area (Å²) in [6, 6.07) is 13.3. The smallest absolute Gasteiger partial charge is 0.255 e. The molecular formula is C20H27N3O. The molecule has 128 valence electrons. The van der Waals surface area contributed by atoms with E-state index in [1.54, 1.807) is 6.07 Å². The average molecular weight is 325 g/mol. The lowest BCUT2D eigenvalue weighted by Crippen LogP contribution is -2.23. The van der Waals surface area contributed by atoms with E-state index >= 15 is 0 Å². The average Bonchev–Trinajstić information content (AvgIpc) is 2.59. The van der Waals surface area contributed by atoms with Crippen molar-refractivity contribution in [2.45, 2.75) is 33.6 Å². The van der Waals surface area contributed by atoms with Crippen molar-refractivity contribution in [3.63, 3.8) is 0 Å². The van der Waals surface area contributed by atoms with Gasteiger partial charge in [0.05, 0.1) is 0 Å². The molecule has 2 aromatic carbocycles. The Kier molecular flexibility index (Phi) is 6.24. The van der Waals surface area contributed by atoms with Gasteiger partial charge in [0.2, 0.25) is 0 Å². The van der Waals surface area contributed by atoms with Crippen LogP contribution >= 0.6 is 0 Å². The number of nitrogen functional groups attached to an aromatic ring is 1. The molecule has 1 amide bonds. The summed E-state index contributed by atoms with van der Waals surface area (Å²) in [5, 5.41) is 2.93. The third kappa shape index (κ3) is 4.51. The molecule has 0 radical (unpaired) electrons. The summed E-state index contributed by atoms with van der Waals surface area (Å²) in [6.45, 7) is 8.30. The van der Waals surface area contributed by atoms with Gasteiger partial charge in [-0.2, -0.15) is 0 Å². The minimum atomic E-state index is -0.119. The lowest BCUT2D eigenvalue weighted by Gasteiger charge is -2.23. The predicted octanol–water partition coefficient (Wildman–Crippen LogP) is 4.46. The summed E-state index contributed by atoms with van der Waals surface area (Å²) in [4.78, 5) is 14.8. The van der Waals surface area contributed by atoms with Crippen molar-refractivity contribution >= 4 is 23.0 Å². The van der Waals surface area contributed by atoms with Crippen molar-refractivity contribution in [3.05, 3.63) is 53.6 Å². The first kappa shape index (κ1) is 17.9. The van der Waals surface area contributed by atoms with Gasteiger partial charge in [-0.15, -0.1) is 0 Å². The molecule has 0 aromatic heterocycles. The van der Waals surface area contributed by atoms with Crippen molar-refractivity contribution in [3.8, 4) is 0 Å². The van der Waals surface area contributed by atoms with E-state index in [4.69, 9.17) is 5.73 Å². The molecule has 0 bridgehead atoms. The molecule has 0 unspecified atom stereocenters. The number of amides is 1. The second-order valence-electron chi connectivity index (χ2n) is 6.01. The number of nitrogens with one attached hydrogen (secondary N) is 1. The molecule has 0 aliphatic heterocycles. The molecular weight excluding hydrogens is 298 g/mol. The summed E-state index contributed by atoms with van der Waals surface area (Å²) in [7, 11) is 0. The Morgan fingerprint density at radius 1 is 1.12 bits per heavy atom. The second-order valence-corrected chi connectivity index (χ2v) is 6.01. The molecule has 0 aliphatic rings. The van der Waals surface area contributed by atoms with Gasteiger partial charge in [0, 0.05) is 35.7 Å². The quantitative estimate of drug-likeness (QED) is 0.739. The molecule has 24 heavy (non-hydrogen) atoms. The molecule has 2 aromatic rings. The minimum absolute atomic E-state index is 0.119. The van der Waals surface area contributed by atoms with Crippen molar-refractivity contribution in [1.29, 1.82) is 0 Å². The molecule has 0 saturated heterocycles. The highest BCUT2D eigenvalue weighted by molar-refractivity contribution is 6.05. The fourth-order valence-corrected chi connectivity index (χ4v) is 2.61. The Balaban J connectivity index is 2.09. The van der Waals surface area contributed by atoms with Gasteiger partial charge in [-0.25, -0.2) is 0 Å². The van der Waals surface area contributed by atoms with E-state index in [0.29, 0.717) is 11.3 Å². The number of carbonyl (C=O) groups excluding carboxylic acids is 1. The zero-order valence-corrected chi connectivity index (χ0v) is 14.8. The van der Waals surface area contributed by atoms with E-state index in [0.717, 1.165) is 30.0 Å². The van der Waals surface area contributed by atoms with Crippen molar-refractivity contribution < 1.29 is 4.79 Å². The summed E-state index contributed by atoms with van der Waals surface area (Å²) in [5.41, 5.74) is 9.98. The maximum atomic E-state index is 12.4. The molecule has 2 rings (SSSR count).